The van der Waals surface area contributed by atoms with Gasteiger partial charge in [0.1, 0.15) is 24.5 Å². The highest BCUT2D eigenvalue weighted by molar-refractivity contribution is 6.36. The largest absolute Gasteiger partial charge is 0.485 e. The number of halogens is 5. The number of aromatic amines is 1. The second-order valence-electron chi connectivity index (χ2n) is 6.22. The molecule has 0 fully saturated rings. The number of hydrazine groups is 1. The molecule has 2 aromatic heterocycles. The molecule has 0 aliphatic rings. The van der Waals surface area contributed by atoms with Crippen LogP contribution in [0, 0.1) is 5.82 Å². The van der Waals surface area contributed by atoms with Gasteiger partial charge in [-0.05, 0) is 18.2 Å². The van der Waals surface area contributed by atoms with Crippen molar-refractivity contribution in [2.24, 2.45) is 0 Å². The molecule has 33 heavy (non-hydrogen) atoms. The maximum atomic E-state index is 14.6. The minimum absolute atomic E-state index is 0.0339. The van der Waals surface area contributed by atoms with Crippen LogP contribution in [0.15, 0.2) is 30.7 Å². The number of pyridine rings is 1. The third-order valence-corrected chi connectivity index (χ3v) is 4.43. The first-order valence-corrected chi connectivity index (χ1v) is 9.75. The van der Waals surface area contributed by atoms with Crippen molar-refractivity contribution < 1.29 is 27.5 Å². The molecule has 0 aliphatic heterocycles. The third kappa shape index (κ3) is 6.46. The maximum Gasteiger partial charge on any atom is 0.333 e. The number of aromatic nitrogens is 4. The van der Waals surface area contributed by atoms with Gasteiger partial charge in [0.15, 0.2) is 0 Å². The number of benzene rings is 1. The number of alkyl halides is 2. The van der Waals surface area contributed by atoms with E-state index in [2.05, 4.69) is 30.9 Å². The van der Waals surface area contributed by atoms with Crippen molar-refractivity contribution in [1.82, 2.24) is 36.3 Å². The van der Waals surface area contributed by atoms with Crippen molar-refractivity contribution in [2.45, 2.75) is 13.0 Å². The quantitative estimate of drug-likeness (QED) is 0.366. The topological polar surface area (TPSA) is 134 Å². The van der Waals surface area contributed by atoms with Crippen LogP contribution < -0.4 is 20.9 Å². The monoisotopic (exact) mass is 503 g/mol. The summed E-state index contributed by atoms with van der Waals surface area (Å²) in [6.45, 7) is -1.25. The number of ether oxygens (including phenoxy) is 1. The maximum absolute atomic E-state index is 14.6. The second-order valence-corrected chi connectivity index (χ2v) is 7.06. The highest BCUT2D eigenvalue weighted by Gasteiger charge is 2.17. The van der Waals surface area contributed by atoms with E-state index >= 15 is 0 Å². The van der Waals surface area contributed by atoms with Gasteiger partial charge in [0.2, 0.25) is 5.82 Å². The molecule has 10 nitrogen and oxygen atoms in total. The summed E-state index contributed by atoms with van der Waals surface area (Å²) in [7, 11) is 0. The lowest BCUT2D eigenvalue weighted by molar-refractivity contribution is 0.0822. The summed E-state index contributed by atoms with van der Waals surface area (Å²) in [4.78, 5) is 29.8. The Bertz CT molecular complexity index is 1150. The predicted molar refractivity (Wildman–Crippen MR) is 110 cm³/mol. The van der Waals surface area contributed by atoms with Crippen LogP contribution in [-0.4, -0.2) is 45.1 Å². The van der Waals surface area contributed by atoms with Gasteiger partial charge in [-0.2, -0.15) is 0 Å². The molecular weight excluding hydrogens is 490 g/mol. The number of carbonyl (C=O) groups excluding carboxylic acids is 2. The van der Waals surface area contributed by atoms with Gasteiger partial charge in [-0.15, -0.1) is 10.2 Å². The summed E-state index contributed by atoms with van der Waals surface area (Å²) in [6, 6.07) is 2.88. The van der Waals surface area contributed by atoms with Crippen molar-refractivity contribution >= 4 is 35.1 Å². The predicted octanol–water partition coefficient (Wildman–Crippen LogP) is 3.10. The number of carbonyl (C=O) groups is 2. The number of nitrogens with one attached hydrogen (secondary N) is 4. The summed E-state index contributed by atoms with van der Waals surface area (Å²) < 4.78 is 44.8. The lowest BCUT2D eigenvalue weighted by Gasteiger charge is -2.14. The molecular formula is C18H14Cl2F3N7O3. The van der Waals surface area contributed by atoms with E-state index in [0.717, 1.165) is 6.07 Å². The second kappa shape index (κ2) is 10.8. The Kier molecular flexibility index (Phi) is 7.90. The molecule has 0 spiro atoms. The van der Waals surface area contributed by atoms with Crippen molar-refractivity contribution in [1.29, 1.82) is 0 Å². The molecule has 0 unspecified atom stereocenters. The molecule has 3 aromatic rings. The van der Waals surface area contributed by atoms with Gasteiger partial charge in [-0.25, -0.2) is 23.4 Å². The van der Waals surface area contributed by atoms with Crippen LogP contribution in [0.3, 0.4) is 0 Å². The molecule has 4 N–H and O–H groups in total. The van der Waals surface area contributed by atoms with E-state index in [0.29, 0.717) is 0 Å². The molecule has 3 amide bonds. The van der Waals surface area contributed by atoms with Crippen LogP contribution in [0.4, 0.5) is 18.0 Å². The van der Waals surface area contributed by atoms with E-state index in [9.17, 15) is 22.8 Å². The van der Waals surface area contributed by atoms with Crippen LogP contribution >= 0.6 is 23.2 Å². The summed E-state index contributed by atoms with van der Waals surface area (Å²) in [5.41, 5.74) is 4.29. The van der Waals surface area contributed by atoms with Gasteiger partial charge in [0.25, 0.3) is 6.43 Å². The average molecular weight is 504 g/mol. The summed E-state index contributed by atoms with van der Waals surface area (Å²) in [5.74, 6) is -1.79. The van der Waals surface area contributed by atoms with E-state index in [1.165, 1.54) is 24.7 Å². The number of urea groups is 1. The SMILES string of the molecule is O=C(NCc1ncc(-c2cc(Cl)cc(Cl)c2OCC(F)F)cc1F)NNC(=O)c1nnc[nH]1. The smallest absolute Gasteiger partial charge is 0.333 e. The first-order valence-electron chi connectivity index (χ1n) is 8.99. The Hall–Kier alpha value is -3.58. The number of hydrogen-bond donors (Lipinski definition) is 4. The first-order chi connectivity index (χ1) is 15.7. The average Bonchev–Trinajstić information content (AvgIpc) is 3.30. The minimum atomic E-state index is -2.75. The highest BCUT2D eigenvalue weighted by Crippen LogP contribution is 2.39. The number of rotatable bonds is 7. The summed E-state index contributed by atoms with van der Waals surface area (Å²) >= 11 is 12.0. The van der Waals surface area contributed by atoms with E-state index in [-0.39, 0.29) is 45.0 Å². The Morgan fingerprint density at radius 2 is 1.97 bits per heavy atom. The van der Waals surface area contributed by atoms with Crippen molar-refractivity contribution in [3.63, 3.8) is 0 Å². The summed E-state index contributed by atoms with van der Waals surface area (Å²) in [5, 5.41) is 9.32. The van der Waals surface area contributed by atoms with Crippen LogP contribution in [0.1, 0.15) is 16.3 Å². The molecule has 0 radical (unpaired) electrons. The Morgan fingerprint density at radius 3 is 2.64 bits per heavy atom. The van der Waals surface area contributed by atoms with Gasteiger partial charge < -0.3 is 15.0 Å². The normalized spacial score (nSPS) is 10.7. The molecule has 15 heteroatoms. The standard InChI is InChI=1S/C18H14Cl2F3N7O3/c19-9-2-10(15(11(20)3-9)33-6-14(22)23)8-1-12(21)13(24-4-8)5-25-18(32)30-29-17(31)16-26-7-27-28-16/h1-4,7,14H,5-6H2,(H,29,31)(H2,25,30,32)(H,26,27,28). The number of amides is 3. The number of nitrogens with zero attached hydrogens (tertiary/aromatic N) is 3. The Morgan fingerprint density at radius 1 is 1.18 bits per heavy atom. The van der Waals surface area contributed by atoms with Gasteiger partial charge in [0.05, 0.1) is 17.3 Å². The van der Waals surface area contributed by atoms with Crippen LogP contribution in [0.2, 0.25) is 10.0 Å². The van der Waals surface area contributed by atoms with E-state index in [4.69, 9.17) is 27.9 Å². The zero-order valence-corrected chi connectivity index (χ0v) is 17.8. The number of H-pyrrole nitrogens is 1. The lowest BCUT2D eigenvalue weighted by Crippen LogP contribution is -2.47. The molecule has 0 atom stereocenters. The molecule has 1 aromatic carbocycles. The molecule has 0 bridgehead atoms. The minimum Gasteiger partial charge on any atom is -0.485 e. The van der Waals surface area contributed by atoms with Crippen LogP contribution in [-0.2, 0) is 6.54 Å². The van der Waals surface area contributed by atoms with E-state index in [1.807, 2.05) is 5.43 Å². The molecule has 0 saturated heterocycles. The molecule has 0 saturated carbocycles. The molecule has 3 rings (SSSR count). The molecule has 2 heterocycles. The van der Waals surface area contributed by atoms with Crippen LogP contribution in [0.25, 0.3) is 11.1 Å². The van der Waals surface area contributed by atoms with Crippen LogP contribution in [0.5, 0.6) is 5.75 Å². The zero-order chi connectivity index (χ0) is 24.0. The van der Waals surface area contributed by atoms with E-state index < -0.39 is 30.8 Å². The fourth-order valence-electron chi connectivity index (χ4n) is 2.51. The van der Waals surface area contributed by atoms with Gasteiger partial charge in [-0.3, -0.25) is 15.2 Å². The lowest BCUT2D eigenvalue weighted by atomic mass is 10.1. The van der Waals surface area contributed by atoms with Gasteiger partial charge >= 0.3 is 11.9 Å². The Balaban J connectivity index is 1.66. The zero-order valence-electron chi connectivity index (χ0n) is 16.3. The van der Waals surface area contributed by atoms with Crippen molar-refractivity contribution in [3.05, 3.63) is 58.1 Å². The van der Waals surface area contributed by atoms with Gasteiger partial charge in [-0.1, -0.05) is 23.2 Å². The summed E-state index contributed by atoms with van der Waals surface area (Å²) in [6.07, 6.45) is -0.334. The highest BCUT2D eigenvalue weighted by atomic mass is 35.5. The van der Waals surface area contributed by atoms with Gasteiger partial charge in [0, 0.05) is 22.3 Å². The van der Waals surface area contributed by atoms with Crippen molar-refractivity contribution in [2.75, 3.05) is 6.61 Å². The van der Waals surface area contributed by atoms with Crippen molar-refractivity contribution in [3.8, 4) is 16.9 Å². The van der Waals surface area contributed by atoms with E-state index in [1.54, 1.807) is 0 Å². The molecule has 174 valence electrons. The first kappa shape index (κ1) is 24.1. The third-order valence-electron chi connectivity index (χ3n) is 3.93. The number of hydrogen-bond acceptors (Lipinski definition) is 6. The Labute approximate surface area is 193 Å². The fourth-order valence-corrected chi connectivity index (χ4v) is 3.06. The fraction of sp³-hybridized carbons (Fsp3) is 0.167. The molecule has 0 aliphatic carbocycles.